The van der Waals surface area contributed by atoms with Crippen molar-refractivity contribution in [2.75, 3.05) is 13.6 Å². The summed E-state index contributed by atoms with van der Waals surface area (Å²) >= 11 is 0. The number of hydrogen-bond acceptors (Lipinski definition) is 2. The summed E-state index contributed by atoms with van der Waals surface area (Å²) in [7, 11) is 1.84. The van der Waals surface area contributed by atoms with Crippen molar-refractivity contribution in [3.05, 3.63) is 77.4 Å². The summed E-state index contributed by atoms with van der Waals surface area (Å²) in [5.74, 6) is -0.203. The minimum absolute atomic E-state index is 0.0293. The van der Waals surface area contributed by atoms with Crippen LogP contribution in [-0.4, -0.2) is 35.2 Å². The van der Waals surface area contributed by atoms with Gasteiger partial charge in [0.1, 0.15) is 6.54 Å². The predicted molar refractivity (Wildman–Crippen MR) is 101 cm³/mol. The molecule has 0 N–H and O–H groups in total. The Hall–Kier alpha value is -2.88. The van der Waals surface area contributed by atoms with E-state index in [4.69, 9.17) is 0 Å². The first-order chi connectivity index (χ1) is 12.6. The Labute approximate surface area is 153 Å². The molecule has 4 rings (SSSR count). The van der Waals surface area contributed by atoms with Crippen molar-refractivity contribution < 1.29 is 9.59 Å². The molecule has 0 radical (unpaired) electrons. The van der Waals surface area contributed by atoms with Gasteiger partial charge in [0, 0.05) is 23.9 Å². The van der Waals surface area contributed by atoms with E-state index in [1.165, 1.54) is 16.0 Å². The molecule has 1 atom stereocenters. The predicted octanol–water partition coefficient (Wildman–Crippen LogP) is 3.65. The highest BCUT2D eigenvalue weighted by molar-refractivity contribution is 6.10. The molecule has 1 aliphatic carbocycles. The van der Waals surface area contributed by atoms with Crippen molar-refractivity contribution in [3.8, 4) is 0 Å². The van der Waals surface area contributed by atoms with Gasteiger partial charge in [-0.05, 0) is 36.5 Å². The molecule has 4 nitrogen and oxygen atoms in total. The quantitative estimate of drug-likeness (QED) is 0.851. The van der Waals surface area contributed by atoms with E-state index >= 15 is 0 Å². The van der Waals surface area contributed by atoms with Crippen LogP contribution < -0.4 is 0 Å². The number of amides is 2. The number of rotatable bonds is 3. The van der Waals surface area contributed by atoms with Crippen LogP contribution in [0, 0.1) is 0 Å². The largest absolute Gasteiger partial charge is 0.337 e. The molecule has 0 bridgehead atoms. The fourth-order valence-electron chi connectivity index (χ4n) is 4.05. The first kappa shape index (κ1) is 16.6. The number of likely N-dealkylation sites (N-methyl/N-ethyl adjacent to an activating group) is 1. The molecule has 0 saturated heterocycles. The van der Waals surface area contributed by atoms with Crippen LogP contribution in [0.2, 0.25) is 0 Å². The maximum absolute atomic E-state index is 12.9. The van der Waals surface area contributed by atoms with Crippen LogP contribution in [0.4, 0.5) is 0 Å². The summed E-state index contributed by atoms with van der Waals surface area (Å²) in [6.45, 7) is 4.05. The number of carbonyl (C=O) groups excluding carboxylic acids is 2. The molecular weight excluding hydrogens is 324 g/mol. The minimum atomic E-state index is -0.142. The highest BCUT2D eigenvalue weighted by Crippen LogP contribution is 2.35. The van der Waals surface area contributed by atoms with Gasteiger partial charge in [0.15, 0.2) is 0 Å². The Kier molecular flexibility index (Phi) is 4.11. The molecule has 1 heterocycles. The Bertz CT molecular complexity index is 868. The fourth-order valence-corrected chi connectivity index (χ4v) is 4.05. The van der Waals surface area contributed by atoms with E-state index in [-0.39, 0.29) is 24.4 Å². The molecule has 0 fully saturated rings. The van der Waals surface area contributed by atoms with Gasteiger partial charge in [-0.15, -0.1) is 0 Å². The number of aryl methyl sites for hydroxylation is 1. The van der Waals surface area contributed by atoms with Crippen LogP contribution in [0.3, 0.4) is 0 Å². The van der Waals surface area contributed by atoms with Crippen molar-refractivity contribution in [1.82, 2.24) is 9.80 Å². The summed E-state index contributed by atoms with van der Waals surface area (Å²) in [6, 6.07) is 15.8. The number of fused-ring (bicyclic) bond motifs is 2. The number of benzene rings is 2. The van der Waals surface area contributed by atoms with Crippen molar-refractivity contribution in [1.29, 1.82) is 0 Å². The number of carbonyl (C=O) groups is 2. The molecule has 4 heteroatoms. The molecule has 0 spiro atoms. The zero-order valence-corrected chi connectivity index (χ0v) is 14.9. The van der Waals surface area contributed by atoms with Gasteiger partial charge in [0.05, 0.1) is 6.04 Å². The van der Waals surface area contributed by atoms with Gasteiger partial charge in [-0.1, -0.05) is 49.0 Å². The summed E-state index contributed by atoms with van der Waals surface area (Å²) < 4.78 is 0. The second kappa shape index (κ2) is 6.45. The third-order valence-electron chi connectivity index (χ3n) is 5.53. The van der Waals surface area contributed by atoms with Crippen LogP contribution in [0.25, 0.3) is 5.70 Å². The lowest BCUT2D eigenvalue weighted by molar-refractivity contribution is -0.132. The fraction of sp³-hybridized carbons (Fsp3) is 0.273. The van der Waals surface area contributed by atoms with Crippen LogP contribution in [-0.2, 0) is 11.2 Å². The summed E-state index contributed by atoms with van der Waals surface area (Å²) in [5.41, 5.74) is 4.59. The third-order valence-corrected chi connectivity index (χ3v) is 5.53. The van der Waals surface area contributed by atoms with E-state index in [2.05, 4.69) is 18.7 Å². The molecule has 0 aromatic heterocycles. The Balaban J connectivity index is 1.53. The van der Waals surface area contributed by atoms with Crippen molar-refractivity contribution in [3.63, 3.8) is 0 Å². The van der Waals surface area contributed by atoms with Crippen LogP contribution in [0.5, 0.6) is 0 Å². The van der Waals surface area contributed by atoms with Crippen LogP contribution in [0.15, 0.2) is 55.1 Å². The molecule has 1 unspecified atom stereocenters. The zero-order chi connectivity index (χ0) is 18.3. The van der Waals surface area contributed by atoms with E-state index in [0.29, 0.717) is 11.3 Å². The molecule has 2 aliphatic rings. The van der Waals surface area contributed by atoms with Crippen molar-refractivity contribution in [2.45, 2.75) is 25.3 Å². The third kappa shape index (κ3) is 2.62. The monoisotopic (exact) mass is 346 g/mol. The van der Waals surface area contributed by atoms with Gasteiger partial charge >= 0.3 is 0 Å². The van der Waals surface area contributed by atoms with Crippen molar-refractivity contribution >= 4 is 17.5 Å². The lowest BCUT2D eigenvalue weighted by atomic mass is 9.87. The first-order valence-corrected chi connectivity index (χ1v) is 9.01. The van der Waals surface area contributed by atoms with E-state index < -0.39 is 0 Å². The highest BCUT2D eigenvalue weighted by atomic mass is 16.2. The topological polar surface area (TPSA) is 40.6 Å². The molecular formula is C22H22N2O2. The normalized spacial score (nSPS) is 18.5. The lowest BCUT2D eigenvalue weighted by Gasteiger charge is -2.34. The summed E-state index contributed by atoms with van der Waals surface area (Å²) in [6.07, 6.45) is 3.08. The Morgan fingerprint density at radius 3 is 2.62 bits per heavy atom. The molecule has 2 amide bonds. The lowest BCUT2D eigenvalue weighted by Crippen LogP contribution is -2.40. The first-order valence-electron chi connectivity index (χ1n) is 9.01. The van der Waals surface area contributed by atoms with Crippen molar-refractivity contribution in [2.24, 2.45) is 0 Å². The number of nitrogens with zero attached hydrogens (tertiary/aromatic N) is 2. The van der Waals surface area contributed by atoms with E-state index in [0.717, 1.165) is 24.8 Å². The van der Waals surface area contributed by atoms with Crippen LogP contribution in [0.1, 0.15) is 45.9 Å². The van der Waals surface area contributed by atoms with Gasteiger partial charge in [-0.25, -0.2) is 0 Å². The zero-order valence-electron chi connectivity index (χ0n) is 14.9. The van der Waals surface area contributed by atoms with Gasteiger partial charge in [0.25, 0.3) is 5.91 Å². The Morgan fingerprint density at radius 2 is 1.85 bits per heavy atom. The van der Waals surface area contributed by atoms with Gasteiger partial charge in [-0.3, -0.25) is 14.5 Å². The van der Waals surface area contributed by atoms with Gasteiger partial charge in [-0.2, -0.15) is 0 Å². The average molecular weight is 346 g/mol. The molecule has 2 aromatic carbocycles. The van der Waals surface area contributed by atoms with E-state index in [9.17, 15) is 9.59 Å². The maximum atomic E-state index is 12.9. The maximum Gasteiger partial charge on any atom is 0.259 e. The highest BCUT2D eigenvalue weighted by Gasteiger charge is 2.34. The summed E-state index contributed by atoms with van der Waals surface area (Å²) in [4.78, 5) is 28.9. The average Bonchev–Trinajstić information content (AvgIpc) is 2.92. The van der Waals surface area contributed by atoms with E-state index in [1.54, 1.807) is 11.0 Å². The molecule has 26 heavy (non-hydrogen) atoms. The summed E-state index contributed by atoms with van der Waals surface area (Å²) in [5, 5.41) is 0. The SMILES string of the molecule is C=C1c2ccccc2C(=O)N1CC(=O)N(C)C1CCCc2ccccc21. The second-order valence-electron chi connectivity index (χ2n) is 7.00. The molecule has 132 valence electrons. The Morgan fingerprint density at radius 1 is 1.15 bits per heavy atom. The molecule has 0 saturated carbocycles. The smallest absolute Gasteiger partial charge is 0.259 e. The van der Waals surface area contributed by atoms with Gasteiger partial charge in [0.2, 0.25) is 5.91 Å². The second-order valence-corrected chi connectivity index (χ2v) is 7.00. The number of hydrogen-bond donors (Lipinski definition) is 0. The van der Waals surface area contributed by atoms with Crippen LogP contribution >= 0.6 is 0 Å². The van der Waals surface area contributed by atoms with Gasteiger partial charge < -0.3 is 4.90 Å². The molecule has 1 aliphatic heterocycles. The standard InChI is InChI=1S/C22H22N2O2/c1-15-17-10-5-6-12-19(17)22(26)24(15)14-21(25)23(2)20-13-7-9-16-8-3-4-11-18(16)20/h3-6,8,10-12,20H,1,7,9,13-14H2,2H3. The molecule has 2 aromatic rings. The minimum Gasteiger partial charge on any atom is -0.337 e. The van der Waals surface area contributed by atoms with E-state index in [1.807, 2.05) is 37.4 Å².